The summed E-state index contributed by atoms with van der Waals surface area (Å²) >= 11 is 0. The first-order chi connectivity index (χ1) is 9.22. The molecule has 0 heterocycles. The monoisotopic (exact) mass is 255 g/mol. The van der Waals surface area contributed by atoms with E-state index in [4.69, 9.17) is 14.9 Å². The SMILES string of the molecule is COc1ccc(Oc2cccc(C(=O)C=N)c2)cc1. The van der Waals surface area contributed by atoms with Crippen LogP contribution in [0.25, 0.3) is 0 Å². The van der Waals surface area contributed by atoms with Crippen LogP contribution in [0.1, 0.15) is 10.4 Å². The molecule has 0 unspecified atom stereocenters. The maximum atomic E-state index is 11.4. The van der Waals surface area contributed by atoms with E-state index in [0.717, 1.165) is 12.0 Å². The Hall–Kier alpha value is -2.62. The van der Waals surface area contributed by atoms with E-state index in [1.54, 1.807) is 55.6 Å². The minimum absolute atomic E-state index is 0.347. The van der Waals surface area contributed by atoms with E-state index >= 15 is 0 Å². The number of nitrogens with one attached hydrogen (secondary N) is 1. The fourth-order valence-electron chi connectivity index (χ4n) is 1.58. The molecule has 4 nitrogen and oxygen atoms in total. The maximum Gasteiger partial charge on any atom is 0.203 e. The van der Waals surface area contributed by atoms with Gasteiger partial charge in [-0.2, -0.15) is 0 Å². The first-order valence-electron chi connectivity index (χ1n) is 5.69. The molecule has 2 aromatic carbocycles. The molecule has 2 aromatic rings. The fraction of sp³-hybridized carbons (Fsp3) is 0.0667. The van der Waals surface area contributed by atoms with Crippen molar-refractivity contribution in [1.82, 2.24) is 0 Å². The summed E-state index contributed by atoms with van der Waals surface area (Å²) in [5.41, 5.74) is 0.431. The first kappa shape index (κ1) is 12.8. The summed E-state index contributed by atoms with van der Waals surface area (Å²) in [5.74, 6) is 1.61. The molecule has 0 radical (unpaired) electrons. The van der Waals surface area contributed by atoms with Crippen LogP contribution in [0.3, 0.4) is 0 Å². The molecule has 0 fully saturated rings. The normalized spacial score (nSPS) is 9.74. The van der Waals surface area contributed by atoms with Crippen molar-refractivity contribution >= 4 is 12.0 Å². The molecule has 0 saturated carbocycles. The number of carbonyl (C=O) groups excluding carboxylic acids is 1. The highest BCUT2D eigenvalue weighted by atomic mass is 16.5. The third-order valence-corrected chi connectivity index (χ3v) is 2.54. The van der Waals surface area contributed by atoms with Crippen molar-refractivity contribution < 1.29 is 14.3 Å². The van der Waals surface area contributed by atoms with Gasteiger partial charge < -0.3 is 14.9 Å². The number of ether oxygens (including phenoxy) is 2. The zero-order valence-corrected chi connectivity index (χ0v) is 10.4. The van der Waals surface area contributed by atoms with Crippen LogP contribution >= 0.6 is 0 Å². The van der Waals surface area contributed by atoms with Gasteiger partial charge in [0.15, 0.2) is 0 Å². The molecule has 2 rings (SSSR count). The Labute approximate surface area is 111 Å². The van der Waals surface area contributed by atoms with Crippen molar-refractivity contribution in [2.45, 2.75) is 0 Å². The summed E-state index contributed by atoms with van der Waals surface area (Å²) < 4.78 is 10.7. The van der Waals surface area contributed by atoms with Crippen LogP contribution in [0.5, 0.6) is 17.2 Å². The maximum absolute atomic E-state index is 11.4. The van der Waals surface area contributed by atoms with E-state index in [1.807, 2.05) is 0 Å². The second-order valence-corrected chi connectivity index (χ2v) is 3.81. The Morgan fingerprint density at radius 3 is 2.37 bits per heavy atom. The van der Waals surface area contributed by atoms with Gasteiger partial charge in [0.05, 0.1) is 13.3 Å². The molecule has 96 valence electrons. The third-order valence-electron chi connectivity index (χ3n) is 2.54. The lowest BCUT2D eigenvalue weighted by Gasteiger charge is -2.07. The average molecular weight is 255 g/mol. The van der Waals surface area contributed by atoms with Gasteiger partial charge in [0.1, 0.15) is 17.2 Å². The third kappa shape index (κ3) is 3.19. The quantitative estimate of drug-likeness (QED) is 0.658. The highest BCUT2D eigenvalue weighted by Gasteiger charge is 2.04. The average Bonchev–Trinajstić information content (AvgIpc) is 2.47. The largest absolute Gasteiger partial charge is 0.497 e. The van der Waals surface area contributed by atoms with Gasteiger partial charge in [-0.25, -0.2) is 0 Å². The summed E-state index contributed by atoms with van der Waals surface area (Å²) in [6.07, 6.45) is 0.784. The van der Waals surface area contributed by atoms with E-state index in [0.29, 0.717) is 17.1 Å². The van der Waals surface area contributed by atoms with E-state index in [9.17, 15) is 4.79 Å². The molecule has 0 spiro atoms. The summed E-state index contributed by atoms with van der Waals surface area (Å²) in [5, 5.41) is 6.95. The lowest BCUT2D eigenvalue weighted by Crippen LogP contribution is -1.99. The number of Topliss-reactive ketones (excluding diaryl/α,β-unsaturated/α-hetero) is 1. The van der Waals surface area contributed by atoms with E-state index in [2.05, 4.69) is 0 Å². The molecule has 0 aromatic heterocycles. The Bertz CT molecular complexity index is 591. The zero-order valence-electron chi connectivity index (χ0n) is 10.4. The lowest BCUT2D eigenvalue weighted by molar-refractivity contribution is 0.107. The molecule has 0 atom stereocenters. The van der Waals surface area contributed by atoms with Crippen LogP contribution in [-0.4, -0.2) is 19.1 Å². The van der Waals surface area contributed by atoms with Gasteiger partial charge in [0, 0.05) is 5.56 Å². The number of hydrogen-bond donors (Lipinski definition) is 1. The van der Waals surface area contributed by atoms with Gasteiger partial charge in [-0.3, -0.25) is 4.79 Å². The van der Waals surface area contributed by atoms with Gasteiger partial charge in [0.2, 0.25) is 5.78 Å². The van der Waals surface area contributed by atoms with Crippen molar-refractivity contribution in [3.05, 3.63) is 54.1 Å². The number of ketones is 1. The molecule has 0 aliphatic rings. The van der Waals surface area contributed by atoms with E-state index < -0.39 is 0 Å². The van der Waals surface area contributed by atoms with Crippen LogP contribution in [0.4, 0.5) is 0 Å². The summed E-state index contributed by atoms with van der Waals surface area (Å²) in [7, 11) is 1.60. The predicted molar refractivity (Wildman–Crippen MR) is 72.6 cm³/mol. The van der Waals surface area contributed by atoms with Gasteiger partial charge >= 0.3 is 0 Å². The standard InChI is InChI=1S/C15H13NO3/c1-18-12-5-7-13(8-6-12)19-14-4-2-3-11(9-14)15(17)10-16/h2-10,16H,1H3. The highest BCUT2D eigenvalue weighted by Crippen LogP contribution is 2.24. The number of hydrogen-bond acceptors (Lipinski definition) is 4. The molecule has 0 saturated heterocycles. The topological polar surface area (TPSA) is 59.4 Å². The minimum atomic E-state index is -0.347. The van der Waals surface area contributed by atoms with Crippen LogP contribution in [-0.2, 0) is 0 Å². The molecular weight excluding hydrogens is 242 g/mol. The second kappa shape index (κ2) is 5.82. The molecule has 19 heavy (non-hydrogen) atoms. The predicted octanol–water partition coefficient (Wildman–Crippen LogP) is 3.32. The van der Waals surface area contributed by atoms with Crippen LogP contribution in [0.2, 0.25) is 0 Å². The van der Waals surface area contributed by atoms with Crippen LogP contribution < -0.4 is 9.47 Å². The smallest absolute Gasteiger partial charge is 0.203 e. The van der Waals surface area contributed by atoms with Crippen LogP contribution in [0.15, 0.2) is 48.5 Å². The Balaban J connectivity index is 2.18. The van der Waals surface area contributed by atoms with Crippen LogP contribution in [0, 0.1) is 5.41 Å². The van der Waals surface area contributed by atoms with Gasteiger partial charge in [-0.15, -0.1) is 0 Å². The van der Waals surface area contributed by atoms with Gasteiger partial charge in [0.25, 0.3) is 0 Å². The van der Waals surface area contributed by atoms with Gasteiger partial charge in [-0.05, 0) is 36.4 Å². The van der Waals surface area contributed by atoms with Crippen molar-refractivity contribution in [3.63, 3.8) is 0 Å². The molecule has 0 bridgehead atoms. The van der Waals surface area contributed by atoms with Crippen molar-refractivity contribution in [1.29, 1.82) is 5.41 Å². The minimum Gasteiger partial charge on any atom is -0.497 e. The van der Waals surface area contributed by atoms with E-state index in [-0.39, 0.29) is 5.78 Å². The molecule has 0 aliphatic carbocycles. The highest BCUT2D eigenvalue weighted by molar-refractivity contribution is 6.34. The molecule has 1 N–H and O–H groups in total. The zero-order chi connectivity index (χ0) is 13.7. The second-order valence-electron chi connectivity index (χ2n) is 3.81. The lowest BCUT2D eigenvalue weighted by atomic mass is 10.1. The van der Waals surface area contributed by atoms with Crippen molar-refractivity contribution in [2.24, 2.45) is 0 Å². The first-order valence-corrected chi connectivity index (χ1v) is 5.69. The van der Waals surface area contributed by atoms with E-state index in [1.165, 1.54) is 0 Å². The Kier molecular flexibility index (Phi) is 3.93. The summed E-state index contributed by atoms with van der Waals surface area (Å²) in [6, 6.07) is 13.9. The number of benzene rings is 2. The molecule has 0 aliphatic heterocycles. The molecule has 0 amide bonds. The summed E-state index contributed by atoms with van der Waals surface area (Å²) in [4.78, 5) is 11.4. The molecule has 4 heteroatoms. The Morgan fingerprint density at radius 2 is 1.74 bits per heavy atom. The molecular formula is C15H13NO3. The number of carbonyl (C=O) groups is 1. The number of methoxy groups -OCH3 is 1. The number of rotatable bonds is 5. The van der Waals surface area contributed by atoms with Crippen molar-refractivity contribution in [2.75, 3.05) is 7.11 Å². The summed E-state index contributed by atoms with van der Waals surface area (Å²) in [6.45, 7) is 0. The Morgan fingerprint density at radius 1 is 1.05 bits per heavy atom. The van der Waals surface area contributed by atoms with Gasteiger partial charge in [-0.1, -0.05) is 12.1 Å². The fourth-order valence-corrected chi connectivity index (χ4v) is 1.58. The van der Waals surface area contributed by atoms with Crippen molar-refractivity contribution in [3.8, 4) is 17.2 Å².